The molecule has 2 aromatic heterocycles. The second-order valence-electron chi connectivity index (χ2n) is 5.74. The summed E-state index contributed by atoms with van der Waals surface area (Å²) in [5, 5.41) is 15.7. The van der Waals surface area contributed by atoms with E-state index in [4.69, 9.17) is 15.7 Å². The summed E-state index contributed by atoms with van der Waals surface area (Å²) in [5.41, 5.74) is 9.51. The Hall–Kier alpha value is -3.14. The predicted molar refractivity (Wildman–Crippen MR) is 97.8 cm³/mol. The standard InChI is InChI=1S/C16H18N6O3S/c1-9(19-20-16(17)18)13-8-22(14-7-5-4-6-12(13)14)26(23,24)15-10(2)21-25-11(15)3/h4-8H,1-3H3,(H4,17,18,20). The van der Waals surface area contributed by atoms with Gasteiger partial charge in [0, 0.05) is 17.1 Å². The van der Waals surface area contributed by atoms with Gasteiger partial charge in [-0.25, -0.2) is 17.8 Å². The molecule has 0 saturated carbocycles. The van der Waals surface area contributed by atoms with Crippen molar-refractivity contribution in [3.05, 3.63) is 47.5 Å². The van der Waals surface area contributed by atoms with Crippen molar-refractivity contribution in [3.8, 4) is 0 Å². The Kier molecular flexibility index (Phi) is 4.28. The van der Waals surface area contributed by atoms with Crippen LogP contribution in [0.2, 0.25) is 0 Å². The van der Waals surface area contributed by atoms with Crippen molar-refractivity contribution >= 4 is 32.6 Å². The van der Waals surface area contributed by atoms with Crippen LogP contribution < -0.4 is 11.2 Å². The number of nitrogens with zero attached hydrogens (tertiary/aromatic N) is 3. The van der Waals surface area contributed by atoms with Crippen molar-refractivity contribution in [2.24, 2.45) is 10.8 Å². The highest BCUT2D eigenvalue weighted by atomic mass is 32.2. The maximum atomic E-state index is 13.2. The third kappa shape index (κ3) is 2.84. The van der Waals surface area contributed by atoms with Gasteiger partial charge in [-0.15, -0.1) is 0 Å². The van der Waals surface area contributed by atoms with Gasteiger partial charge >= 0.3 is 0 Å². The molecule has 3 aromatic rings. The van der Waals surface area contributed by atoms with Crippen LogP contribution in [0.3, 0.4) is 0 Å². The minimum atomic E-state index is -3.91. The number of hydrazone groups is 1. The van der Waals surface area contributed by atoms with Gasteiger partial charge in [-0.3, -0.25) is 5.41 Å². The van der Waals surface area contributed by atoms with Gasteiger partial charge in [-0.1, -0.05) is 23.4 Å². The van der Waals surface area contributed by atoms with Crippen LogP contribution in [-0.4, -0.2) is 29.2 Å². The molecule has 1 aromatic carbocycles. The SMILES string of the molecule is CC(=NNC(=N)N)c1cn(S(=O)(=O)c2c(C)noc2C)c2ccccc12. The minimum absolute atomic E-state index is 0.0428. The first-order valence-electron chi connectivity index (χ1n) is 7.66. The molecule has 0 saturated heterocycles. The lowest BCUT2D eigenvalue weighted by Gasteiger charge is -2.06. The van der Waals surface area contributed by atoms with Gasteiger partial charge in [0.25, 0.3) is 10.0 Å². The van der Waals surface area contributed by atoms with E-state index < -0.39 is 10.0 Å². The molecule has 0 bridgehead atoms. The molecule has 9 nitrogen and oxygen atoms in total. The van der Waals surface area contributed by atoms with E-state index in [1.807, 2.05) is 6.07 Å². The quantitative estimate of drug-likeness (QED) is 0.361. The summed E-state index contributed by atoms with van der Waals surface area (Å²) < 4.78 is 32.6. The zero-order valence-corrected chi connectivity index (χ0v) is 15.3. The van der Waals surface area contributed by atoms with E-state index in [9.17, 15) is 8.42 Å². The highest BCUT2D eigenvalue weighted by Gasteiger charge is 2.28. The smallest absolute Gasteiger partial charge is 0.273 e. The Morgan fingerprint density at radius 1 is 1.35 bits per heavy atom. The van der Waals surface area contributed by atoms with E-state index >= 15 is 0 Å². The fourth-order valence-electron chi connectivity index (χ4n) is 2.78. The van der Waals surface area contributed by atoms with E-state index in [2.05, 4.69) is 15.7 Å². The number of hydrogen-bond donors (Lipinski definition) is 3. The van der Waals surface area contributed by atoms with Gasteiger partial charge in [0.1, 0.15) is 5.69 Å². The number of fused-ring (bicyclic) bond motifs is 1. The molecular formula is C16H18N6O3S. The van der Waals surface area contributed by atoms with Crippen LogP contribution in [0, 0.1) is 19.3 Å². The van der Waals surface area contributed by atoms with Crippen molar-refractivity contribution in [2.75, 3.05) is 0 Å². The zero-order chi connectivity index (χ0) is 19.1. The highest BCUT2D eigenvalue weighted by molar-refractivity contribution is 7.90. The molecular weight excluding hydrogens is 356 g/mol. The fraction of sp³-hybridized carbons (Fsp3) is 0.188. The van der Waals surface area contributed by atoms with Crippen LogP contribution in [0.5, 0.6) is 0 Å². The first kappa shape index (κ1) is 17.7. The molecule has 0 amide bonds. The van der Waals surface area contributed by atoms with E-state index in [1.165, 1.54) is 10.2 Å². The van der Waals surface area contributed by atoms with Crippen LogP contribution in [0.1, 0.15) is 23.9 Å². The minimum Gasteiger partial charge on any atom is -0.369 e. The van der Waals surface area contributed by atoms with Gasteiger partial charge in [-0.05, 0) is 26.8 Å². The van der Waals surface area contributed by atoms with Gasteiger partial charge in [0.05, 0.1) is 11.2 Å². The number of aromatic nitrogens is 2. The number of hydrogen-bond acceptors (Lipinski definition) is 6. The summed E-state index contributed by atoms with van der Waals surface area (Å²) in [4.78, 5) is 0.0428. The molecule has 3 rings (SSSR count). The molecule has 10 heteroatoms. The Balaban J connectivity index is 2.26. The van der Waals surface area contributed by atoms with Gasteiger partial charge < -0.3 is 10.3 Å². The summed E-state index contributed by atoms with van der Waals surface area (Å²) in [7, 11) is -3.91. The first-order chi connectivity index (χ1) is 12.2. The summed E-state index contributed by atoms with van der Waals surface area (Å²) in [6.07, 6.45) is 1.49. The largest absolute Gasteiger partial charge is 0.369 e. The fourth-order valence-corrected chi connectivity index (χ4v) is 4.45. The van der Waals surface area contributed by atoms with E-state index in [1.54, 1.807) is 39.0 Å². The molecule has 0 radical (unpaired) electrons. The molecule has 136 valence electrons. The molecule has 0 spiro atoms. The first-order valence-corrected chi connectivity index (χ1v) is 9.10. The number of aryl methyl sites for hydroxylation is 2. The Bertz CT molecular complexity index is 1120. The number of nitrogens with one attached hydrogen (secondary N) is 2. The molecule has 0 aliphatic heterocycles. The van der Waals surface area contributed by atoms with Crippen molar-refractivity contribution in [3.63, 3.8) is 0 Å². The molecule has 2 heterocycles. The van der Waals surface area contributed by atoms with E-state index in [-0.39, 0.29) is 16.6 Å². The van der Waals surface area contributed by atoms with Gasteiger partial charge in [-0.2, -0.15) is 5.10 Å². The van der Waals surface area contributed by atoms with Crippen LogP contribution in [-0.2, 0) is 10.0 Å². The maximum absolute atomic E-state index is 13.2. The van der Waals surface area contributed by atoms with Crippen molar-refractivity contribution in [1.82, 2.24) is 14.6 Å². The monoisotopic (exact) mass is 374 g/mol. The number of nitrogens with two attached hydrogens (primary N) is 1. The van der Waals surface area contributed by atoms with Crippen molar-refractivity contribution in [2.45, 2.75) is 25.7 Å². The maximum Gasteiger partial charge on any atom is 0.273 e. The molecule has 0 aliphatic carbocycles. The molecule has 0 atom stereocenters. The van der Waals surface area contributed by atoms with Crippen molar-refractivity contribution in [1.29, 1.82) is 5.41 Å². The molecule has 26 heavy (non-hydrogen) atoms. The average Bonchev–Trinajstić information content (AvgIpc) is 3.13. The number of para-hydroxylation sites is 1. The summed E-state index contributed by atoms with van der Waals surface area (Å²) in [6.45, 7) is 4.84. The zero-order valence-electron chi connectivity index (χ0n) is 14.4. The lowest BCUT2D eigenvalue weighted by Crippen LogP contribution is -2.26. The highest BCUT2D eigenvalue weighted by Crippen LogP contribution is 2.29. The van der Waals surface area contributed by atoms with E-state index in [0.717, 1.165) is 0 Å². The average molecular weight is 374 g/mol. The normalized spacial score (nSPS) is 12.5. The second-order valence-corrected chi connectivity index (χ2v) is 7.49. The van der Waals surface area contributed by atoms with Gasteiger partial charge in [0.2, 0.25) is 5.96 Å². The Morgan fingerprint density at radius 3 is 2.65 bits per heavy atom. The number of benzene rings is 1. The van der Waals surface area contributed by atoms with Crippen LogP contribution in [0.4, 0.5) is 0 Å². The predicted octanol–water partition coefficient (Wildman–Crippen LogP) is 1.69. The van der Waals surface area contributed by atoms with Crippen LogP contribution >= 0.6 is 0 Å². The number of rotatable bonds is 4. The second kappa shape index (κ2) is 6.30. The lowest BCUT2D eigenvalue weighted by atomic mass is 10.1. The topological polar surface area (TPSA) is 139 Å². The third-order valence-electron chi connectivity index (χ3n) is 3.90. The number of guanidine groups is 1. The lowest BCUT2D eigenvalue weighted by molar-refractivity contribution is 0.390. The van der Waals surface area contributed by atoms with E-state index in [0.29, 0.717) is 27.9 Å². The third-order valence-corrected chi connectivity index (χ3v) is 5.82. The van der Waals surface area contributed by atoms with Gasteiger partial charge in [0.15, 0.2) is 10.7 Å². The molecule has 0 fully saturated rings. The summed E-state index contributed by atoms with van der Waals surface area (Å²) in [5.74, 6) is -0.0816. The summed E-state index contributed by atoms with van der Waals surface area (Å²) in [6, 6.07) is 7.08. The molecule has 0 aliphatic rings. The Labute approximate surface area is 150 Å². The van der Waals surface area contributed by atoms with Crippen molar-refractivity contribution < 1.29 is 12.9 Å². The Morgan fingerprint density at radius 2 is 2.04 bits per heavy atom. The van der Waals surface area contributed by atoms with Crippen LogP contribution in [0.15, 0.2) is 45.0 Å². The summed E-state index contributed by atoms with van der Waals surface area (Å²) >= 11 is 0. The van der Waals surface area contributed by atoms with Crippen LogP contribution in [0.25, 0.3) is 10.9 Å². The molecule has 0 unspecified atom stereocenters. The molecule has 4 N–H and O–H groups in total.